The molecule has 3 rings (SSSR count). The molecule has 0 saturated heterocycles. The molecule has 11 heteroatoms. The number of methoxy groups -OCH3 is 3. The highest BCUT2D eigenvalue weighted by Gasteiger charge is 2.29. The van der Waals surface area contributed by atoms with Crippen LogP contribution < -0.4 is 23.9 Å². The minimum absolute atomic E-state index is 0.0139. The predicted molar refractivity (Wildman–Crippen MR) is 137 cm³/mol. The minimum Gasteiger partial charge on any atom is -0.497 e. The van der Waals surface area contributed by atoms with Crippen molar-refractivity contribution in [2.24, 2.45) is 5.10 Å². The smallest absolute Gasteiger partial charge is 0.264 e. The standard InChI is InChI=1S/C24H24BrN3O6S/c1-32-19-10-12-23(34-3)21(14-19)28(35(30,31)20-7-5-4-6-8-20)16-24(29)27-26-15-17-13-18(25)9-11-22(17)33-2/h4-15H,16H2,1-3H3,(H,27,29). The van der Waals surface area contributed by atoms with Crippen molar-refractivity contribution in [3.63, 3.8) is 0 Å². The molecule has 0 radical (unpaired) electrons. The molecule has 0 bridgehead atoms. The van der Waals surface area contributed by atoms with Gasteiger partial charge in [0, 0.05) is 16.1 Å². The number of carbonyl (C=O) groups excluding carboxylic acids is 1. The van der Waals surface area contributed by atoms with Gasteiger partial charge in [0.2, 0.25) is 0 Å². The number of rotatable bonds is 10. The van der Waals surface area contributed by atoms with E-state index in [0.29, 0.717) is 17.1 Å². The van der Waals surface area contributed by atoms with E-state index in [0.717, 1.165) is 8.78 Å². The average molecular weight is 562 g/mol. The van der Waals surface area contributed by atoms with E-state index in [-0.39, 0.29) is 16.3 Å². The zero-order chi connectivity index (χ0) is 25.4. The monoisotopic (exact) mass is 561 g/mol. The summed E-state index contributed by atoms with van der Waals surface area (Å²) in [5.74, 6) is 0.537. The van der Waals surface area contributed by atoms with Crippen LogP contribution in [0.2, 0.25) is 0 Å². The van der Waals surface area contributed by atoms with E-state index in [9.17, 15) is 13.2 Å². The number of amides is 1. The van der Waals surface area contributed by atoms with Crippen molar-refractivity contribution in [1.82, 2.24) is 5.43 Å². The highest BCUT2D eigenvalue weighted by Crippen LogP contribution is 2.35. The van der Waals surface area contributed by atoms with E-state index >= 15 is 0 Å². The first kappa shape index (κ1) is 26.0. The molecule has 0 unspecified atom stereocenters. The molecule has 184 valence electrons. The number of benzene rings is 3. The van der Waals surface area contributed by atoms with Gasteiger partial charge in [-0.25, -0.2) is 13.8 Å². The van der Waals surface area contributed by atoms with Crippen molar-refractivity contribution >= 4 is 43.8 Å². The molecule has 0 aliphatic heterocycles. The van der Waals surface area contributed by atoms with Crippen molar-refractivity contribution in [3.05, 3.63) is 76.8 Å². The molecule has 35 heavy (non-hydrogen) atoms. The highest BCUT2D eigenvalue weighted by molar-refractivity contribution is 9.10. The summed E-state index contributed by atoms with van der Waals surface area (Å²) in [5.41, 5.74) is 3.13. The van der Waals surface area contributed by atoms with Crippen LogP contribution in [-0.2, 0) is 14.8 Å². The van der Waals surface area contributed by atoms with Gasteiger partial charge in [-0.3, -0.25) is 9.10 Å². The van der Waals surface area contributed by atoms with Gasteiger partial charge in [-0.05, 0) is 42.5 Å². The number of nitrogens with zero attached hydrogens (tertiary/aromatic N) is 2. The third-order valence-electron chi connectivity index (χ3n) is 4.86. The van der Waals surface area contributed by atoms with E-state index in [1.807, 2.05) is 6.07 Å². The zero-order valence-electron chi connectivity index (χ0n) is 19.3. The predicted octanol–water partition coefficient (Wildman–Crippen LogP) is 3.82. The second-order valence-electron chi connectivity index (χ2n) is 7.04. The largest absolute Gasteiger partial charge is 0.497 e. The molecular weight excluding hydrogens is 538 g/mol. The molecule has 0 atom stereocenters. The van der Waals surface area contributed by atoms with Crippen molar-refractivity contribution in [2.45, 2.75) is 4.90 Å². The lowest BCUT2D eigenvalue weighted by Gasteiger charge is -2.25. The second-order valence-corrected chi connectivity index (χ2v) is 9.82. The van der Waals surface area contributed by atoms with Crippen LogP contribution in [0.3, 0.4) is 0 Å². The Morgan fingerprint density at radius 3 is 2.31 bits per heavy atom. The molecule has 1 amide bonds. The fraction of sp³-hybridized carbons (Fsp3) is 0.167. The van der Waals surface area contributed by atoms with Crippen LogP contribution in [-0.4, -0.2) is 48.4 Å². The van der Waals surface area contributed by atoms with Gasteiger partial charge in [-0.1, -0.05) is 34.1 Å². The van der Waals surface area contributed by atoms with Gasteiger partial charge >= 0.3 is 0 Å². The van der Waals surface area contributed by atoms with Crippen molar-refractivity contribution in [3.8, 4) is 17.2 Å². The Labute approximate surface area is 212 Å². The van der Waals surface area contributed by atoms with Crippen LogP contribution >= 0.6 is 15.9 Å². The SMILES string of the molecule is COc1ccc(OC)c(N(CC(=O)NN=Cc2cc(Br)ccc2OC)S(=O)(=O)c2ccccc2)c1. The second kappa shape index (κ2) is 11.7. The number of carbonyl (C=O) groups is 1. The van der Waals surface area contributed by atoms with Crippen molar-refractivity contribution in [2.75, 3.05) is 32.2 Å². The Hall–Kier alpha value is -3.57. The summed E-state index contributed by atoms with van der Waals surface area (Å²) < 4.78 is 44.8. The molecule has 3 aromatic carbocycles. The zero-order valence-corrected chi connectivity index (χ0v) is 21.7. The number of anilines is 1. The Bertz CT molecular complexity index is 1320. The summed E-state index contributed by atoms with van der Waals surface area (Å²) in [7, 11) is 0.248. The third kappa shape index (κ3) is 6.31. The normalized spacial score (nSPS) is 11.2. The van der Waals surface area contributed by atoms with Crippen LogP contribution in [0.1, 0.15) is 5.56 Å². The summed E-state index contributed by atoms with van der Waals surface area (Å²) in [4.78, 5) is 12.8. The van der Waals surface area contributed by atoms with Crippen LogP contribution in [0.15, 0.2) is 81.2 Å². The summed E-state index contributed by atoms with van der Waals surface area (Å²) in [6.07, 6.45) is 1.41. The molecule has 0 fully saturated rings. The molecular formula is C24H24BrN3O6S. The van der Waals surface area contributed by atoms with E-state index in [1.54, 1.807) is 42.5 Å². The van der Waals surface area contributed by atoms with Crippen molar-refractivity contribution < 1.29 is 27.4 Å². The quantitative estimate of drug-likeness (QED) is 0.298. The van der Waals surface area contributed by atoms with Gasteiger partial charge in [0.1, 0.15) is 23.8 Å². The molecule has 3 aromatic rings. The molecule has 0 heterocycles. The Morgan fingerprint density at radius 2 is 1.66 bits per heavy atom. The van der Waals surface area contributed by atoms with E-state index in [2.05, 4.69) is 26.5 Å². The summed E-state index contributed by atoms with van der Waals surface area (Å²) in [5, 5.41) is 3.97. The maximum atomic E-state index is 13.5. The summed E-state index contributed by atoms with van der Waals surface area (Å²) >= 11 is 3.37. The lowest BCUT2D eigenvalue weighted by molar-refractivity contribution is -0.119. The first-order valence-electron chi connectivity index (χ1n) is 10.3. The Morgan fingerprint density at radius 1 is 0.971 bits per heavy atom. The maximum Gasteiger partial charge on any atom is 0.264 e. The number of halogens is 1. The lowest BCUT2D eigenvalue weighted by Crippen LogP contribution is -2.39. The van der Waals surface area contributed by atoms with Gasteiger partial charge in [0.05, 0.1) is 38.1 Å². The van der Waals surface area contributed by atoms with E-state index in [4.69, 9.17) is 14.2 Å². The summed E-state index contributed by atoms with van der Waals surface area (Å²) in [6, 6.07) is 17.8. The number of hydrazone groups is 1. The highest BCUT2D eigenvalue weighted by atomic mass is 79.9. The van der Waals surface area contributed by atoms with Crippen molar-refractivity contribution in [1.29, 1.82) is 0 Å². The molecule has 0 aliphatic carbocycles. The van der Waals surface area contributed by atoms with E-state index in [1.165, 1.54) is 45.7 Å². The number of hydrogen-bond acceptors (Lipinski definition) is 7. The molecule has 0 saturated carbocycles. The molecule has 0 aliphatic rings. The van der Waals surface area contributed by atoms with Crippen LogP contribution in [0.5, 0.6) is 17.2 Å². The Kier molecular flexibility index (Phi) is 8.72. The average Bonchev–Trinajstić information content (AvgIpc) is 2.87. The fourth-order valence-electron chi connectivity index (χ4n) is 3.16. The van der Waals surface area contributed by atoms with Gasteiger partial charge < -0.3 is 14.2 Å². The Balaban J connectivity index is 1.94. The molecule has 1 N–H and O–H groups in total. The third-order valence-corrected chi connectivity index (χ3v) is 7.12. The minimum atomic E-state index is -4.14. The lowest BCUT2D eigenvalue weighted by atomic mass is 10.2. The molecule has 0 spiro atoms. The van der Waals surface area contributed by atoms with Gasteiger partial charge in [-0.2, -0.15) is 5.10 Å². The molecule has 0 aromatic heterocycles. The summed E-state index contributed by atoms with van der Waals surface area (Å²) in [6.45, 7) is -0.562. The van der Waals surface area contributed by atoms with Gasteiger partial charge in [-0.15, -0.1) is 0 Å². The number of ether oxygens (including phenoxy) is 3. The van der Waals surface area contributed by atoms with Gasteiger partial charge in [0.15, 0.2) is 0 Å². The van der Waals surface area contributed by atoms with Crippen LogP contribution in [0.4, 0.5) is 5.69 Å². The number of hydrogen-bond donors (Lipinski definition) is 1. The van der Waals surface area contributed by atoms with Crippen LogP contribution in [0.25, 0.3) is 0 Å². The fourth-order valence-corrected chi connectivity index (χ4v) is 4.98. The first-order valence-corrected chi connectivity index (χ1v) is 12.5. The van der Waals surface area contributed by atoms with Crippen LogP contribution in [0, 0.1) is 0 Å². The maximum absolute atomic E-state index is 13.5. The first-order chi connectivity index (χ1) is 16.8. The topological polar surface area (TPSA) is 107 Å². The molecule has 9 nitrogen and oxygen atoms in total. The number of sulfonamides is 1. The van der Waals surface area contributed by atoms with Gasteiger partial charge in [0.25, 0.3) is 15.9 Å². The van der Waals surface area contributed by atoms with E-state index < -0.39 is 22.5 Å². The number of nitrogens with one attached hydrogen (secondary N) is 1.